The van der Waals surface area contributed by atoms with Crippen molar-refractivity contribution < 1.29 is 9.53 Å². The van der Waals surface area contributed by atoms with Crippen molar-refractivity contribution in [3.63, 3.8) is 0 Å². The van der Waals surface area contributed by atoms with Gasteiger partial charge in [0.15, 0.2) is 5.96 Å². The van der Waals surface area contributed by atoms with Gasteiger partial charge in [-0.2, -0.15) is 5.10 Å². The number of nitrogens with zero attached hydrogens (tertiary/aromatic N) is 5. The molecule has 0 aliphatic heterocycles. The van der Waals surface area contributed by atoms with E-state index >= 15 is 0 Å². The lowest BCUT2D eigenvalue weighted by atomic mass is 10.2. The molecule has 0 aliphatic rings. The van der Waals surface area contributed by atoms with Crippen molar-refractivity contribution in [3.05, 3.63) is 48.0 Å². The standard InChI is InChI=1S/C21H33N7O2/c1-21(2,3)30-20(29)28(16-17-8-6-10-23-14-17)13-7-11-24-19(22-4)25-15-18-9-12-26-27(18)5/h6,8-10,12,14H,7,11,13,15-16H2,1-5H3,(H2,22,24,25). The van der Waals surface area contributed by atoms with Crippen LogP contribution in [0, 0.1) is 0 Å². The number of amides is 1. The molecule has 0 aromatic carbocycles. The molecule has 1 amide bonds. The Morgan fingerprint density at radius 3 is 2.67 bits per heavy atom. The van der Waals surface area contributed by atoms with E-state index in [1.54, 1.807) is 30.5 Å². The van der Waals surface area contributed by atoms with Crippen molar-refractivity contribution in [2.75, 3.05) is 20.1 Å². The average Bonchev–Trinajstić information content (AvgIpc) is 3.10. The summed E-state index contributed by atoms with van der Waals surface area (Å²) in [5.74, 6) is 0.701. The third-order valence-corrected chi connectivity index (χ3v) is 4.23. The molecule has 9 heteroatoms. The van der Waals surface area contributed by atoms with Crippen LogP contribution in [0.15, 0.2) is 41.8 Å². The normalized spacial score (nSPS) is 11.8. The van der Waals surface area contributed by atoms with Gasteiger partial charge in [-0.3, -0.25) is 14.7 Å². The van der Waals surface area contributed by atoms with E-state index in [1.165, 1.54) is 0 Å². The predicted octanol–water partition coefficient (Wildman–Crippen LogP) is 2.31. The summed E-state index contributed by atoms with van der Waals surface area (Å²) in [4.78, 5) is 22.7. The molecule has 30 heavy (non-hydrogen) atoms. The number of aryl methyl sites for hydroxylation is 1. The highest BCUT2D eigenvalue weighted by Crippen LogP contribution is 2.12. The van der Waals surface area contributed by atoms with Gasteiger partial charge < -0.3 is 20.3 Å². The fourth-order valence-electron chi connectivity index (χ4n) is 2.72. The third-order valence-electron chi connectivity index (χ3n) is 4.23. The number of hydrogen-bond acceptors (Lipinski definition) is 5. The van der Waals surface area contributed by atoms with E-state index in [9.17, 15) is 4.79 Å². The second-order valence-corrected chi connectivity index (χ2v) is 7.92. The van der Waals surface area contributed by atoms with Crippen molar-refractivity contribution in [1.82, 2.24) is 30.3 Å². The highest BCUT2D eigenvalue weighted by atomic mass is 16.6. The summed E-state index contributed by atoms with van der Waals surface area (Å²) in [6, 6.07) is 5.77. The molecule has 0 unspecified atom stereocenters. The van der Waals surface area contributed by atoms with Gasteiger partial charge in [-0.1, -0.05) is 6.07 Å². The topological polar surface area (TPSA) is 96.7 Å². The van der Waals surface area contributed by atoms with Crippen LogP contribution in [0.2, 0.25) is 0 Å². The molecular formula is C21H33N7O2. The summed E-state index contributed by atoms with van der Waals surface area (Å²) >= 11 is 0. The lowest BCUT2D eigenvalue weighted by molar-refractivity contribution is 0.0232. The summed E-state index contributed by atoms with van der Waals surface area (Å²) < 4.78 is 7.38. The van der Waals surface area contributed by atoms with Crippen molar-refractivity contribution in [3.8, 4) is 0 Å². The second-order valence-electron chi connectivity index (χ2n) is 7.92. The Balaban J connectivity index is 1.84. The molecule has 0 fully saturated rings. The first-order valence-electron chi connectivity index (χ1n) is 10.1. The Morgan fingerprint density at radius 1 is 1.27 bits per heavy atom. The molecule has 9 nitrogen and oxygen atoms in total. The first-order valence-corrected chi connectivity index (χ1v) is 10.1. The van der Waals surface area contributed by atoms with Crippen LogP contribution in [0.3, 0.4) is 0 Å². The van der Waals surface area contributed by atoms with Crippen LogP contribution >= 0.6 is 0 Å². The Bertz CT molecular complexity index is 812. The van der Waals surface area contributed by atoms with Gasteiger partial charge >= 0.3 is 6.09 Å². The van der Waals surface area contributed by atoms with Crippen LogP contribution in [-0.4, -0.2) is 57.5 Å². The minimum atomic E-state index is -0.541. The van der Waals surface area contributed by atoms with Crippen LogP contribution in [0.25, 0.3) is 0 Å². The Hall–Kier alpha value is -3.10. The van der Waals surface area contributed by atoms with Crippen molar-refractivity contribution in [2.24, 2.45) is 12.0 Å². The largest absolute Gasteiger partial charge is 0.444 e. The number of rotatable bonds is 8. The molecule has 0 bridgehead atoms. The SMILES string of the molecule is CN=C(NCCCN(Cc1cccnc1)C(=O)OC(C)(C)C)NCc1ccnn1C. The van der Waals surface area contributed by atoms with Crippen LogP contribution in [0.1, 0.15) is 38.4 Å². The zero-order valence-electron chi connectivity index (χ0n) is 18.6. The van der Waals surface area contributed by atoms with Gasteiger partial charge in [0, 0.05) is 45.8 Å². The fourth-order valence-corrected chi connectivity index (χ4v) is 2.72. The molecule has 2 aromatic rings. The van der Waals surface area contributed by atoms with Gasteiger partial charge in [0.1, 0.15) is 5.60 Å². The molecule has 164 valence electrons. The summed E-state index contributed by atoms with van der Waals surface area (Å²) in [5.41, 5.74) is 1.48. The lowest BCUT2D eigenvalue weighted by Crippen LogP contribution is -2.40. The van der Waals surface area contributed by atoms with E-state index in [1.807, 2.05) is 50.7 Å². The number of guanidine groups is 1. The van der Waals surface area contributed by atoms with Crippen molar-refractivity contribution >= 4 is 12.1 Å². The smallest absolute Gasteiger partial charge is 0.410 e. The molecule has 2 N–H and O–H groups in total. The minimum Gasteiger partial charge on any atom is -0.444 e. The number of ether oxygens (including phenoxy) is 1. The van der Waals surface area contributed by atoms with Crippen molar-refractivity contribution in [1.29, 1.82) is 0 Å². The zero-order chi connectivity index (χ0) is 22.0. The Kier molecular flexibility index (Phi) is 8.64. The molecule has 0 radical (unpaired) electrons. The number of aliphatic imine (C=N–C) groups is 1. The van der Waals surface area contributed by atoms with Gasteiger partial charge in [-0.05, 0) is 44.9 Å². The molecule has 0 saturated carbocycles. The van der Waals surface area contributed by atoms with Gasteiger partial charge in [0.25, 0.3) is 0 Å². The van der Waals surface area contributed by atoms with E-state index in [-0.39, 0.29) is 6.09 Å². The number of carbonyl (C=O) groups is 1. The molecule has 0 aliphatic carbocycles. The number of aromatic nitrogens is 3. The molecule has 2 rings (SSSR count). The van der Waals surface area contributed by atoms with E-state index in [4.69, 9.17) is 4.74 Å². The Labute approximate surface area is 178 Å². The predicted molar refractivity (Wildman–Crippen MR) is 117 cm³/mol. The number of pyridine rings is 1. The van der Waals surface area contributed by atoms with Gasteiger partial charge in [-0.25, -0.2) is 4.79 Å². The molecule has 2 aromatic heterocycles. The summed E-state index contributed by atoms with van der Waals surface area (Å²) in [6.45, 7) is 7.90. The number of nitrogens with one attached hydrogen (secondary N) is 2. The average molecular weight is 416 g/mol. The lowest BCUT2D eigenvalue weighted by Gasteiger charge is -2.27. The third kappa shape index (κ3) is 8.10. The maximum Gasteiger partial charge on any atom is 0.410 e. The molecule has 0 spiro atoms. The zero-order valence-corrected chi connectivity index (χ0v) is 18.6. The summed E-state index contributed by atoms with van der Waals surface area (Å²) in [6.07, 6.45) is 5.66. The fraction of sp³-hybridized carbons (Fsp3) is 0.524. The van der Waals surface area contributed by atoms with Gasteiger partial charge in [0.2, 0.25) is 0 Å². The summed E-state index contributed by atoms with van der Waals surface area (Å²) in [5, 5.41) is 10.7. The van der Waals surface area contributed by atoms with E-state index in [0.29, 0.717) is 32.1 Å². The summed E-state index contributed by atoms with van der Waals surface area (Å²) in [7, 11) is 3.63. The van der Waals surface area contributed by atoms with Gasteiger partial charge in [0.05, 0.1) is 18.8 Å². The molecular weight excluding hydrogens is 382 g/mol. The Morgan fingerprint density at radius 2 is 2.07 bits per heavy atom. The van der Waals surface area contributed by atoms with Crippen LogP contribution < -0.4 is 10.6 Å². The van der Waals surface area contributed by atoms with Crippen LogP contribution in [-0.2, 0) is 24.9 Å². The van der Waals surface area contributed by atoms with Gasteiger partial charge in [-0.15, -0.1) is 0 Å². The molecule has 0 atom stereocenters. The maximum atomic E-state index is 12.6. The monoisotopic (exact) mass is 415 g/mol. The van der Waals surface area contributed by atoms with E-state index in [0.717, 1.165) is 17.7 Å². The maximum absolute atomic E-state index is 12.6. The first kappa shape index (κ1) is 23.2. The molecule has 2 heterocycles. The highest BCUT2D eigenvalue weighted by molar-refractivity contribution is 5.79. The quantitative estimate of drug-likeness (QED) is 0.390. The highest BCUT2D eigenvalue weighted by Gasteiger charge is 2.22. The second kappa shape index (κ2) is 11.2. The first-order chi connectivity index (χ1) is 14.3. The number of hydrogen-bond donors (Lipinski definition) is 2. The minimum absolute atomic E-state index is 0.329. The van der Waals surface area contributed by atoms with E-state index < -0.39 is 5.60 Å². The van der Waals surface area contributed by atoms with E-state index in [2.05, 4.69) is 25.7 Å². The van der Waals surface area contributed by atoms with Crippen LogP contribution in [0.5, 0.6) is 0 Å². The van der Waals surface area contributed by atoms with Crippen LogP contribution in [0.4, 0.5) is 4.79 Å². The van der Waals surface area contributed by atoms with Crippen molar-refractivity contribution in [2.45, 2.75) is 45.9 Å². The molecule has 0 saturated heterocycles. The number of carbonyl (C=O) groups excluding carboxylic acids is 1.